The van der Waals surface area contributed by atoms with Crippen molar-refractivity contribution in [2.45, 2.75) is 32.2 Å². The minimum absolute atomic E-state index is 0.0670. The minimum atomic E-state index is -0.226. The first kappa shape index (κ1) is 14.0. The van der Waals surface area contributed by atoms with E-state index in [0.717, 1.165) is 36.3 Å². The molecule has 0 saturated heterocycles. The lowest BCUT2D eigenvalue weighted by molar-refractivity contribution is 0.0926. The standard InChI is InChI=1S/C14H16ClN5O/c1-8-16-7-9-10(17-8)4-3-5-11(9)18-14(21)12-6-13(15)20(2)19-12/h6-7,11H,3-5H2,1-2H3,(H,18,21)/t11-/m0/s1. The van der Waals surface area contributed by atoms with Crippen LogP contribution in [0.1, 0.15) is 46.5 Å². The SMILES string of the molecule is Cc1ncc2c(n1)CCC[C@@H]2NC(=O)c1cc(Cl)n(C)n1. The monoisotopic (exact) mass is 305 g/mol. The van der Waals surface area contributed by atoms with E-state index in [-0.39, 0.29) is 11.9 Å². The Hall–Kier alpha value is -1.95. The molecule has 7 heteroatoms. The van der Waals surface area contributed by atoms with E-state index >= 15 is 0 Å². The molecule has 3 rings (SSSR count). The smallest absolute Gasteiger partial charge is 0.272 e. The fourth-order valence-electron chi connectivity index (χ4n) is 2.58. The van der Waals surface area contributed by atoms with Crippen LogP contribution in [0.4, 0.5) is 0 Å². The maximum atomic E-state index is 12.3. The first-order valence-electron chi connectivity index (χ1n) is 6.87. The number of amides is 1. The van der Waals surface area contributed by atoms with Crippen molar-refractivity contribution in [2.24, 2.45) is 7.05 Å². The number of aromatic nitrogens is 4. The maximum absolute atomic E-state index is 12.3. The van der Waals surface area contributed by atoms with Crippen molar-refractivity contribution in [2.75, 3.05) is 0 Å². The van der Waals surface area contributed by atoms with Crippen molar-refractivity contribution in [3.8, 4) is 0 Å². The summed E-state index contributed by atoms with van der Waals surface area (Å²) in [5, 5.41) is 7.52. The van der Waals surface area contributed by atoms with Crippen LogP contribution in [-0.4, -0.2) is 25.7 Å². The summed E-state index contributed by atoms with van der Waals surface area (Å²) >= 11 is 5.92. The number of aryl methyl sites for hydroxylation is 3. The molecule has 0 spiro atoms. The Morgan fingerprint density at radius 1 is 1.52 bits per heavy atom. The summed E-state index contributed by atoms with van der Waals surface area (Å²) in [4.78, 5) is 21.0. The molecule has 0 saturated carbocycles. The fourth-order valence-corrected chi connectivity index (χ4v) is 2.73. The van der Waals surface area contributed by atoms with Gasteiger partial charge in [0.1, 0.15) is 11.0 Å². The topological polar surface area (TPSA) is 72.7 Å². The molecule has 1 aliphatic carbocycles. The van der Waals surface area contributed by atoms with Crippen molar-refractivity contribution in [1.82, 2.24) is 25.1 Å². The van der Waals surface area contributed by atoms with Gasteiger partial charge in [0.25, 0.3) is 5.91 Å². The molecule has 0 unspecified atom stereocenters. The number of rotatable bonds is 2. The second-order valence-electron chi connectivity index (χ2n) is 5.21. The van der Waals surface area contributed by atoms with E-state index in [0.29, 0.717) is 10.8 Å². The van der Waals surface area contributed by atoms with Gasteiger partial charge in [0, 0.05) is 30.6 Å². The van der Waals surface area contributed by atoms with E-state index in [9.17, 15) is 4.79 Å². The Kier molecular flexibility index (Phi) is 3.63. The molecule has 21 heavy (non-hydrogen) atoms. The number of nitrogens with zero attached hydrogens (tertiary/aromatic N) is 4. The molecule has 1 aliphatic rings. The molecule has 0 bridgehead atoms. The number of carbonyl (C=O) groups excluding carboxylic acids is 1. The van der Waals surface area contributed by atoms with Gasteiger partial charge < -0.3 is 5.32 Å². The lowest BCUT2D eigenvalue weighted by atomic mass is 9.92. The number of fused-ring (bicyclic) bond motifs is 1. The van der Waals surface area contributed by atoms with Gasteiger partial charge in [-0.1, -0.05) is 11.6 Å². The molecular formula is C14H16ClN5O. The third-order valence-electron chi connectivity index (χ3n) is 3.66. The Bertz CT molecular complexity index is 677. The molecule has 2 heterocycles. The van der Waals surface area contributed by atoms with Crippen LogP contribution in [-0.2, 0) is 13.5 Å². The summed E-state index contributed by atoms with van der Waals surface area (Å²) in [5.74, 6) is 0.535. The molecule has 2 aromatic rings. The third kappa shape index (κ3) is 2.76. The quantitative estimate of drug-likeness (QED) is 0.921. The number of hydrogen-bond acceptors (Lipinski definition) is 4. The van der Waals surface area contributed by atoms with Gasteiger partial charge in [0.05, 0.1) is 6.04 Å². The van der Waals surface area contributed by atoms with E-state index in [4.69, 9.17) is 11.6 Å². The van der Waals surface area contributed by atoms with Crippen LogP contribution < -0.4 is 5.32 Å². The largest absolute Gasteiger partial charge is 0.344 e. The summed E-state index contributed by atoms with van der Waals surface area (Å²) in [5.41, 5.74) is 2.35. The van der Waals surface area contributed by atoms with Gasteiger partial charge in [-0.3, -0.25) is 9.48 Å². The van der Waals surface area contributed by atoms with Crippen molar-refractivity contribution in [3.05, 3.63) is 40.2 Å². The zero-order valence-electron chi connectivity index (χ0n) is 11.9. The highest BCUT2D eigenvalue weighted by Crippen LogP contribution is 2.28. The number of carbonyl (C=O) groups is 1. The molecule has 0 fully saturated rings. The summed E-state index contributed by atoms with van der Waals surface area (Å²) < 4.78 is 1.47. The summed E-state index contributed by atoms with van der Waals surface area (Å²) in [6.07, 6.45) is 4.62. The predicted molar refractivity (Wildman–Crippen MR) is 78.1 cm³/mol. The summed E-state index contributed by atoms with van der Waals surface area (Å²) in [6.45, 7) is 1.87. The molecule has 6 nitrogen and oxygen atoms in total. The average molecular weight is 306 g/mol. The van der Waals surface area contributed by atoms with Crippen LogP contribution in [0.5, 0.6) is 0 Å². The molecule has 0 aliphatic heterocycles. The molecule has 0 radical (unpaired) electrons. The summed E-state index contributed by atoms with van der Waals surface area (Å²) in [7, 11) is 1.70. The van der Waals surface area contributed by atoms with Gasteiger partial charge in [0.2, 0.25) is 0 Å². The lowest BCUT2D eigenvalue weighted by Gasteiger charge is -2.25. The number of nitrogens with one attached hydrogen (secondary N) is 1. The van der Waals surface area contributed by atoms with Crippen molar-refractivity contribution in [3.63, 3.8) is 0 Å². The minimum Gasteiger partial charge on any atom is -0.344 e. The molecule has 110 valence electrons. The average Bonchev–Trinajstić information content (AvgIpc) is 2.79. The van der Waals surface area contributed by atoms with Gasteiger partial charge in [0.15, 0.2) is 5.69 Å². The van der Waals surface area contributed by atoms with Crippen LogP contribution in [0.15, 0.2) is 12.3 Å². The normalized spacial score (nSPS) is 17.4. The van der Waals surface area contributed by atoms with Gasteiger partial charge in [-0.25, -0.2) is 9.97 Å². The van der Waals surface area contributed by atoms with Crippen LogP contribution in [0, 0.1) is 6.92 Å². The van der Waals surface area contributed by atoms with Crippen LogP contribution in [0.3, 0.4) is 0 Å². The van der Waals surface area contributed by atoms with Gasteiger partial charge in [-0.05, 0) is 26.2 Å². The number of hydrogen-bond donors (Lipinski definition) is 1. The van der Waals surface area contributed by atoms with E-state index in [1.807, 2.05) is 13.1 Å². The third-order valence-corrected chi connectivity index (χ3v) is 4.02. The van der Waals surface area contributed by atoms with E-state index < -0.39 is 0 Å². The predicted octanol–water partition coefficient (Wildman–Crippen LogP) is 1.98. The lowest BCUT2D eigenvalue weighted by Crippen LogP contribution is -2.32. The van der Waals surface area contributed by atoms with Crippen LogP contribution in [0.25, 0.3) is 0 Å². The zero-order valence-corrected chi connectivity index (χ0v) is 12.7. The molecule has 2 aromatic heterocycles. The first-order valence-corrected chi connectivity index (χ1v) is 7.25. The Morgan fingerprint density at radius 2 is 2.33 bits per heavy atom. The van der Waals surface area contributed by atoms with Crippen LogP contribution in [0.2, 0.25) is 5.15 Å². The molecule has 0 aromatic carbocycles. The van der Waals surface area contributed by atoms with E-state index in [2.05, 4.69) is 20.4 Å². The summed E-state index contributed by atoms with van der Waals surface area (Å²) in [6, 6.07) is 1.49. The Labute approximate surface area is 127 Å². The van der Waals surface area contributed by atoms with Gasteiger partial charge in [-0.2, -0.15) is 5.10 Å². The fraction of sp³-hybridized carbons (Fsp3) is 0.429. The highest BCUT2D eigenvalue weighted by Gasteiger charge is 2.24. The van der Waals surface area contributed by atoms with E-state index in [1.165, 1.54) is 4.68 Å². The van der Waals surface area contributed by atoms with E-state index in [1.54, 1.807) is 13.1 Å². The Morgan fingerprint density at radius 3 is 3.05 bits per heavy atom. The highest BCUT2D eigenvalue weighted by molar-refractivity contribution is 6.29. The molecule has 1 N–H and O–H groups in total. The van der Waals surface area contributed by atoms with Crippen molar-refractivity contribution >= 4 is 17.5 Å². The second-order valence-corrected chi connectivity index (χ2v) is 5.60. The molecule has 1 atom stereocenters. The highest BCUT2D eigenvalue weighted by atomic mass is 35.5. The maximum Gasteiger partial charge on any atom is 0.272 e. The van der Waals surface area contributed by atoms with Gasteiger partial charge in [-0.15, -0.1) is 0 Å². The Balaban J connectivity index is 1.81. The first-order chi connectivity index (χ1) is 10.0. The molecule has 1 amide bonds. The van der Waals surface area contributed by atoms with Gasteiger partial charge >= 0.3 is 0 Å². The number of halogens is 1. The zero-order chi connectivity index (χ0) is 15.0. The van der Waals surface area contributed by atoms with Crippen LogP contribution >= 0.6 is 11.6 Å². The van der Waals surface area contributed by atoms with Crippen molar-refractivity contribution in [1.29, 1.82) is 0 Å². The van der Waals surface area contributed by atoms with Crippen molar-refractivity contribution < 1.29 is 4.79 Å². The second kappa shape index (κ2) is 5.44. The molecular weight excluding hydrogens is 290 g/mol.